The van der Waals surface area contributed by atoms with Gasteiger partial charge in [0.25, 0.3) is 0 Å². The lowest BCUT2D eigenvalue weighted by Crippen LogP contribution is -2.25. The van der Waals surface area contributed by atoms with Gasteiger partial charge in [0.2, 0.25) is 0 Å². The average molecular weight is 413 g/mol. The Morgan fingerprint density at radius 3 is 2.77 bits per heavy atom. The summed E-state index contributed by atoms with van der Waals surface area (Å²) in [4.78, 5) is 11.7. The molecular formula is C16H16INO4. The first-order valence-electron chi connectivity index (χ1n) is 7.04. The van der Waals surface area contributed by atoms with E-state index in [1.807, 2.05) is 24.3 Å². The lowest BCUT2D eigenvalue weighted by Gasteiger charge is -2.11. The number of hydrogen-bond donors (Lipinski definition) is 2. The summed E-state index contributed by atoms with van der Waals surface area (Å²) in [5.41, 5.74) is 0. The summed E-state index contributed by atoms with van der Waals surface area (Å²) in [5.74, 6) is 0.674. The number of carbonyl (C=O) groups excluding carboxylic acids is 1. The van der Waals surface area contributed by atoms with Gasteiger partial charge in [-0.3, -0.25) is 4.79 Å². The van der Waals surface area contributed by atoms with Crippen molar-refractivity contribution >= 4 is 39.3 Å². The Morgan fingerprint density at radius 1 is 1.27 bits per heavy atom. The highest BCUT2D eigenvalue weighted by atomic mass is 127. The molecule has 0 aliphatic carbocycles. The number of ether oxygens (including phenoxy) is 2. The van der Waals surface area contributed by atoms with Crippen molar-refractivity contribution in [3.63, 3.8) is 0 Å². The smallest absolute Gasteiger partial charge is 0.320 e. The molecule has 6 heteroatoms. The molecule has 2 aromatic rings. The second-order valence-electron chi connectivity index (χ2n) is 5.06. The molecule has 1 aliphatic heterocycles. The van der Waals surface area contributed by atoms with Crippen LogP contribution in [0, 0.1) is 0 Å². The first-order chi connectivity index (χ1) is 10.7. The molecule has 116 valence electrons. The fraction of sp³-hybridized carbons (Fsp3) is 0.312. The fourth-order valence-corrected chi connectivity index (χ4v) is 2.89. The Labute approximate surface area is 141 Å². The second-order valence-corrected chi connectivity index (χ2v) is 6.40. The predicted octanol–water partition coefficient (Wildman–Crippen LogP) is 2.24. The molecule has 0 radical (unpaired) electrons. The van der Waals surface area contributed by atoms with Crippen molar-refractivity contribution in [1.82, 2.24) is 5.32 Å². The van der Waals surface area contributed by atoms with Gasteiger partial charge in [-0.25, -0.2) is 0 Å². The van der Waals surface area contributed by atoms with E-state index in [9.17, 15) is 9.90 Å². The summed E-state index contributed by atoms with van der Waals surface area (Å²) in [6.45, 7) is 1.36. The molecule has 2 unspecified atom stereocenters. The van der Waals surface area contributed by atoms with Gasteiger partial charge in [0.05, 0.1) is 0 Å². The number of alkyl halides is 1. The SMILES string of the molecule is O=C(OCCOc1cccc2c(O)cccc12)C(I)C1CN1. The lowest BCUT2D eigenvalue weighted by atomic mass is 10.1. The Balaban J connectivity index is 1.55. The predicted molar refractivity (Wildman–Crippen MR) is 91.7 cm³/mol. The molecule has 1 fully saturated rings. The van der Waals surface area contributed by atoms with Gasteiger partial charge in [-0.1, -0.05) is 46.9 Å². The van der Waals surface area contributed by atoms with Crippen LogP contribution in [0.1, 0.15) is 0 Å². The van der Waals surface area contributed by atoms with Gasteiger partial charge in [0.1, 0.15) is 28.6 Å². The first-order valence-corrected chi connectivity index (χ1v) is 8.29. The molecule has 22 heavy (non-hydrogen) atoms. The maximum atomic E-state index is 11.7. The highest BCUT2D eigenvalue weighted by Crippen LogP contribution is 2.31. The monoisotopic (exact) mass is 413 g/mol. The Kier molecular flexibility index (Phi) is 4.68. The molecular weight excluding hydrogens is 397 g/mol. The number of carbonyl (C=O) groups is 1. The molecule has 5 nitrogen and oxygen atoms in total. The maximum absolute atomic E-state index is 11.7. The van der Waals surface area contributed by atoms with Crippen molar-refractivity contribution in [2.75, 3.05) is 19.8 Å². The van der Waals surface area contributed by atoms with E-state index < -0.39 is 0 Å². The van der Waals surface area contributed by atoms with Crippen molar-refractivity contribution < 1.29 is 19.4 Å². The van der Waals surface area contributed by atoms with E-state index in [1.165, 1.54) is 0 Å². The minimum atomic E-state index is -0.213. The molecule has 0 aromatic heterocycles. The van der Waals surface area contributed by atoms with Crippen molar-refractivity contribution in [1.29, 1.82) is 0 Å². The summed E-state index contributed by atoms with van der Waals surface area (Å²) in [6.07, 6.45) is 0. The van der Waals surface area contributed by atoms with E-state index in [0.29, 0.717) is 5.75 Å². The van der Waals surface area contributed by atoms with Gasteiger partial charge in [-0.2, -0.15) is 0 Å². The van der Waals surface area contributed by atoms with Gasteiger partial charge < -0.3 is 19.9 Å². The number of rotatable bonds is 6. The molecule has 1 heterocycles. The van der Waals surface area contributed by atoms with Gasteiger partial charge in [-0.05, 0) is 12.1 Å². The van der Waals surface area contributed by atoms with Crippen LogP contribution < -0.4 is 10.1 Å². The largest absolute Gasteiger partial charge is 0.507 e. The molecule has 0 saturated carbocycles. The zero-order valence-electron chi connectivity index (χ0n) is 11.8. The number of phenols is 1. The van der Waals surface area contributed by atoms with Crippen molar-refractivity contribution in [2.45, 2.75) is 9.97 Å². The molecule has 2 atom stereocenters. The fourth-order valence-electron chi connectivity index (χ4n) is 2.20. The Hall–Kier alpha value is -1.54. The topological polar surface area (TPSA) is 77.7 Å². The number of hydrogen-bond acceptors (Lipinski definition) is 5. The van der Waals surface area contributed by atoms with Crippen LogP contribution >= 0.6 is 22.6 Å². The van der Waals surface area contributed by atoms with Crippen LogP contribution in [0.15, 0.2) is 36.4 Å². The van der Waals surface area contributed by atoms with Crippen LogP contribution in [-0.4, -0.2) is 40.8 Å². The standard InChI is InChI=1S/C16H16INO4/c17-15(12-9-18-12)16(20)22-8-7-21-14-6-2-3-10-11(14)4-1-5-13(10)19/h1-6,12,15,18-19H,7-9H2. The normalized spacial score (nSPS) is 18.0. The zero-order valence-corrected chi connectivity index (χ0v) is 13.9. The summed E-state index contributed by atoms with van der Waals surface area (Å²) in [7, 11) is 0. The van der Waals surface area contributed by atoms with Crippen LogP contribution in [-0.2, 0) is 9.53 Å². The van der Waals surface area contributed by atoms with Crippen LogP contribution in [0.5, 0.6) is 11.5 Å². The first kappa shape index (κ1) is 15.4. The molecule has 2 N–H and O–H groups in total. The van der Waals surface area contributed by atoms with Gasteiger partial charge >= 0.3 is 5.97 Å². The average Bonchev–Trinajstić information content (AvgIpc) is 3.36. The second kappa shape index (κ2) is 6.70. The molecule has 0 amide bonds. The molecule has 2 aromatic carbocycles. The number of aromatic hydroxyl groups is 1. The minimum Gasteiger partial charge on any atom is -0.507 e. The molecule has 0 bridgehead atoms. The number of halogens is 1. The molecule has 3 rings (SSSR count). The number of phenolic OH excluding ortho intramolecular Hbond substituents is 1. The van der Waals surface area contributed by atoms with E-state index in [0.717, 1.165) is 17.3 Å². The Bertz CT molecular complexity index is 687. The van der Waals surface area contributed by atoms with Crippen LogP contribution in [0.25, 0.3) is 10.8 Å². The highest BCUT2D eigenvalue weighted by Gasteiger charge is 2.34. The third-order valence-electron chi connectivity index (χ3n) is 3.46. The van der Waals surface area contributed by atoms with E-state index in [1.54, 1.807) is 12.1 Å². The molecule has 1 aliphatic rings. The third-order valence-corrected chi connectivity index (χ3v) is 4.84. The Morgan fingerprint density at radius 2 is 2.00 bits per heavy atom. The third kappa shape index (κ3) is 3.44. The number of fused-ring (bicyclic) bond motifs is 1. The van der Waals surface area contributed by atoms with Gasteiger partial charge in [0, 0.05) is 23.4 Å². The highest BCUT2D eigenvalue weighted by molar-refractivity contribution is 14.1. The van der Waals surface area contributed by atoms with Crippen LogP contribution in [0.3, 0.4) is 0 Å². The summed E-state index contributed by atoms with van der Waals surface area (Å²) in [5, 5.41) is 14.5. The van der Waals surface area contributed by atoms with Crippen molar-refractivity contribution in [3.8, 4) is 11.5 Å². The molecule has 1 saturated heterocycles. The lowest BCUT2D eigenvalue weighted by molar-refractivity contribution is -0.143. The summed E-state index contributed by atoms with van der Waals surface area (Å²) < 4.78 is 10.7. The van der Waals surface area contributed by atoms with E-state index in [-0.39, 0.29) is 34.9 Å². The van der Waals surface area contributed by atoms with Gasteiger partial charge in [0.15, 0.2) is 0 Å². The number of nitrogens with one attached hydrogen (secondary N) is 1. The van der Waals surface area contributed by atoms with Crippen LogP contribution in [0.4, 0.5) is 0 Å². The maximum Gasteiger partial charge on any atom is 0.320 e. The summed E-state index contributed by atoms with van der Waals surface area (Å²) >= 11 is 2.09. The van der Waals surface area contributed by atoms with Crippen molar-refractivity contribution in [3.05, 3.63) is 36.4 Å². The van der Waals surface area contributed by atoms with Crippen molar-refractivity contribution in [2.24, 2.45) is 0 Å². The zero-order chi connectivity index (χ0) is 15.5. The summed E-state index contributed by atoms with van der Waals surface area (Å²) in [6, 6.07) is 11.0. The number of benzene rings is 2. The van der Waals surface area contributed by atoms with E-state index >= 15 is 0 Å². The van der Waals surface area contributed by atoms with E-state index in [2.05, 4.69) is 27.9 Å². The van der Waals surface area contributed by atoms with Crippen LogP contribution in [0.2, 0.25) is 0 Å². The molecule has 0 spiro atoms. The number of esters is 1. The minimum absolute atomic E-state index is 0.146. The van der Waals surface area contributed by atoms with Gasteiger partial charge in [-0.15, -0.1) is 0 Å². The van der Waals surface area contributed by atoms with E-state index in [4.69, 9.17) is 9.47 Å². The quantitative estimate of drug-likeness (QED) is 0.250.